The van der Waals surface area contributed by atoms with E-state index in [-0.39, 0.29) is 11.9 Å². The highest BCUT2D eigenvalue weighted by Crippen LogP contribution is 2.19. The van der Waals surface area contributed by atoms with Crippen LogP contribution < -0.4 is 5.73 Å². The van der Waals surface area contributed by atoms with E-state index in [1.807, 2.05) is 4.68 Å². The molecule has 82 valence electrons. The van der Waals surface area contributed by atoms with Crippen molar-refractivity contribution < 1.29 is 9.53 Å². The van der Waals surface area contributed by atoms with Gasteiger partial charge in [0.2, 0.25) is 0 Å². The average Bonchev–Trinajstić information content (AvgIpc) is 2.69. The number of rotatable bonds is 2. The molecular weight excluding hydrogens is 196 g/mol. The number of methoxy groups -OCH3 is 1. The van der Waals surface area contributed by atoms with Gasteiger partial charge in [-0.15, -0.1) is 0 Å². The molecule has 0 bridgehead atoms. The lowest BCUT2D eigenvalue weighted by atomic mass is 9.98. The second-order valence-electron chi connectivity index (χ2n) is 3.58. The minimum absolute atomic E-state index is 0.0858. The molecule has 0 aliphatic carbocycles. The number of ether oxygens (including phenoxy) is 1. The Morgan fingerprint density at radius 1 is 1.73 bits per heavy atom. The Balaban J connectivity index is 2.15. The summed E-state index contributed by atoms with van der Waals surface area (Å²) in [4.78, 5) is 15.6. The molecule has 1 aromatic heterocycles. The molecule has 1 aliphatic rings. The van der Waals surface area contributed by atoms with Gasteiger partial charge in [0.05, 0.1) is 19.6 Å². The molecule has 1 atom stereocenters. The number of nitrogens with zero attached hydrogens (tertiary/aromatic N) is 3. The van der Waals surface area contributed by atoms with Crippen molar-refractivity contribution >= 4 is 5.97 Å². The predicted molar refractivity (Wildman–Crippen MR) is 51.7 cm³/mol. The summed E-state index contributed by atoms with van der Waals surface area (Å²) < 4.78 is 6.54. The predicted octanol–water partition coefficient (Wildman–Crippen LogP) is -0.528. The Labute approximate surface area is 87.4 Å². The number of carbonyl (C=O) groups is 1. The number of carbonyl (C=O) groups excluding carboxylic acids is 1. The van der Waals surface area contributed by atoms with Crippen molar-refractivity contribution in [2.45, 2.75) is 25.9 Å². The largest absolute Gasteiger partial charge is 0.469 e. The zero-order valence-electron chi connectivity index (χ0n) is 8.64. The van der Waals surface area contributed by atoms with E-state index in [1.54, 1.807) is 0 Å². The molecule has 2 heterocycles. The van der Waals surface area contributed by atoms with Gasteiger partial charge in [0.15, 0.2) is 5.82 Å². The van der Waals surface area contributed by atoms with Crippen molar-refractivity contribution in [3.05, 3.63) is 11.6 Å². The van der Waals surface area contributed by atoms with Crippen molar-refractivity contribution in [2.24, 2.45) is 11.7 Å². The lowest BCUT2D eigenvalue weighted by molar-refractivity contribution is -0.146. The van der Waals surface area contributed by atoms with E-state index in [9.17, 15) is 4.79 Å². The number of aromatic nitrogens is 3. The van der Waals surface area contributed by atoms with Crippen molar-refractivity contribution in [3.63, 3.8) is 0 Å². The van der Waals surface area contributed by atoms with Crippen molar-refractivity contribution in [1.29, 1.82) is 0 Å². The monoisotopic (exact) mass is 210 g/mol. The highest BCUT2D eigenvalue weighted by molar-refractivity contribution is 5.72. The third kappa shape index (κ3) is 1.85. The number of hydrogen-bond donors (Lipinski definition) is 1. The molecule has 0 fully saturated rings. The van der Waals surface area contributed by atoms with E-state index in [0.717, 1.165) is 12.2 Å². The second-order valence-corrected chi connectivity index (χ2v) is 3.58. The van der Waals surface area contributed by atoms with E-state index >= 15 is 0 Å². The van der Waals surface area contributed by atoms with Crippen LogP contribution in [0.2, 0.25) is 0 Å². The molecule has 15 heavy (non-hydrogen) atoms. The molecule has 0 spiro atoms. The third-order valence-corrected chi connectivity index (χ3v) is 2.63. The van der Waals surface area contributed by atoms with Gasteiger partial charge in [0.1, 0.15) is 5.82 Å². The third-order valence-electron chi connectivity index (χ3n) is 2.63. The summed E-state index contributed by atoms with van der Waals surface area (Å²) in [5.74, 6) is 1.21. The van der Waals surface area contributed by atoms with E-state index in [1.165, 1.54) is 7.11 Å². The van der Waals surface area contributed by atoms with Crippen LogP contribution in [0.4, 0.5) is 0 Å². The Hall–Kier alpha value is -1.43. The molecular formula is C9H14N4O2. The second kappa shape index (κ2) is 3.98. The molecule has 0 aromatic carbocycles. The molecule has 0 saturated heterocycles. The molecule has 0 radical (unpaired) electrons. The van der Waals surface area contributed by atoms with Crippen LogP contribution in [0.15, 0.2) is 0 Å². The lowest BCUT2D eigenvalue weighted by Gasteiger charge is -2.19. The van der Waals surface area contributed by atoms with Crippen LogP contribution in [0.5, 0.6) is 0 Å². The standard InChI is InChI=1S/C9H14N4O2/c1-15-9(14)6-2-3-13-8(4-6)11-7(5-10)12-13/h6H,2-5,10H2,1H3. The molecule has 6 heteroatoms. The van der Waals surface area contributed by atoms with Gasteiger partial charge in [-0.2, -0.15) is 5.10 Å². The maximum Gasteiger partial charge on any atom is 0.309 e. The summed E-state index contributed by atoms with van der Waals surface area (Å²) in [5, 5.41) is 4.22. The molecule has 0 amide bonds. The topological polar surface area (TPSA) is 83.0 Å². The summed E-state index contributed by atoms with van der Waals surface area (Å²) >= 11 is 0. The van der Waals surface area contributed by atoms with E-state index < -0.39 is 0 Å². The zero-order chi connectivity index (χ0) is 10.8. The first-order valence-corrected chi connectivity index (χ1v) is 4.95. The SMILES string of the molecule is COC(=O)C1CCn2nc(CN)nc2C1. The first-order valence-electron chi connectivity index (χ1n) is 4.95. The van der Waals surface area contributed by atoms with E-state index in [2.05, 4.69) is 10.1 Å². The van der Waals surface area contributed by atoms with Gasteiger partial charge in [-0.25, -0.2) is 9.67 Å². The van der Waals surface area contributed by atoms with Gasteiger partial charge in [0, 0.05) is 13.0 Å². The highest BCUT2D eigenvalue weighted by Gasteiger charge is 2.27. The minimum atomic E-state index is -0.168. The Kier molecular flexibility index (Phi) is 2.68. The fraction of sp³-hybridized carbons (Fsp3) is 0.667. The molecule has 1 aliphatic heterocycles. The van der Waals surface area contributed by atoms with Crippen molar-refractivity contribution in [2.75, 3.05) is 7.11 Å². The summed E-state index contributed by atoms with van der Waals surface area (Å²) in [6.07, 6.45) is 1.35. The fourth-order valence-corrected chi connectivity index (χ4v) is 1.81. The van der Waals surface area contributed by atoms with Gasteiger partial charge in [-0.1, -0.05) is 0 Å². The number of fused-ring (bicyclic) bond motifs is 1. The number of hydrogen-bond acceptors (Lipinski definition) is 5. The maximum absolute atomic E-state index is 11.3. The molecule has 0 saturated carbocycles. The quantitative estimate of drug-likeness (QED) is 0.663. The normalized spacial score (nSPS) is 19.7. The van der Waals surface area contributed by atoms with E-state index in [0.29, 0.717) is 25.3 Å². The maximum atomic E-state index is 11.3. The average molecular weight is 210 g/mol. The van der Waals surface area contributed by atoms with Crippen molar-refractivity contribution in [3.8, 4) is 0 Å². The van der Waals surface area contributed by atoms with Crippen LogP contribution in [0.1, 0.15) is 18.1 Å². The summed E-state index contributed by atoms with van der Waals surface area (Å²) in [6, 6.07) is 0. The van der Waals surface area contributed by atoms with Gasteiger partial charge in [-0.05, 0) is 6.42 Å². The first kappa shape index (κ1) is 10.1. The molecule has 6 nitrogen and oxygen atoms in total. The highest BCUT2D eigenvalue weighted by atomic mass is 16.5. The first-order chi connectivity index (χ1) is 7.24. The van der Waals surface area contributed by atoms with Gasteiger partial charge < -0.3 is 10.5 Å². The van der Waals surface area contributed by atoms with Crippen LogP contribution in [0.25, 0.3) is 0 Å². The Morgan fingerprint density at radius 3 is 3.20 bits per heavy atom. The zero-order valence-corrected chi connectivity index (χ0v) is 8.64. The summed E-state index contributed by atoms with van der Waals surface area (Å²) in [5.41, 5.74) is 5.45. The number of aryl methyl sites for hydroxylation is 1. The smallest absolute Gasteiger partial charge is 0.309 e. The molecule has 2 N–H and O–H groups in total. The van der Waals surface area contributed by atoms with Crippen LogP contribution in [-0.4, -0.2) is 27.8 Å². The van der Waals surface area contributed by atoms with Crippen LogP contribution >= 0.6 is 0 Å². The Bertz CT molecular complexity index is 374. The van der Waals surface area contributed by atoms with Crippen molar-refractivity contribution in [1.82, 2.24) is 14.8 Å². The summed E-state index contributed by atoms with van der Waals surface area (Å²) in [7, 11) is 1.41. The molecule has 2 rings (SSSR count). The lowest BCUT2D eigenvalue weighted by Crippen LogP contribution is -2.27. The van der Waals surface area contributed by atoms with Gasteiger partial charge in [-0.3, -0.25) is 4.79 Å². The summed E-state index contributed by atoms with van der Waals surface area (Å²) in [6.45, 7) is 1.05. The van der Waals surface area contributed by atoms with Gasteiger partial charge >= 0.3 is 5.97 Å². The Morgan fingerprint density at radius 2 is 2.53 bits per heavy atom. The molecule has 1 unspecified atom stereocenters. The van der Waals surface area contributed by atoms with Gasteiger partial charge in [0.25, 0.3) is 0 Å². The molecule has 1 aromatic rings. The van der Waals surface area contributed by atoms with Crippen LogP contribution in [-0.2, 0) is 29.0 Å². The van der Waals surface area contributed by atoms with Crippen LogP contribution in [0.3, 0.4) is 0 Å². The number of nitrogens with two attached hydrogens (primary N) is 1. The minimum Gasteiger partial charge on any atom is -0.469 e. The van der Waals surface area contributed by atoms with Crippen LogP contribution in [0, 0.1) is 5.92 Å². The number of esters is 1. The van der Waals surface area contributed by atoms with E-state index in [4.69, 9.17) is 10.5 Å². The fourth-order valence-electron chi connectivity index (χ4n) is 1.81.